The highest BCUT2D eigenvalue weighted by Crippen LogP contribution is 2.41. The Hall–Kier alpha value is -4.29. The van der Waals surface area contributed by atoms with Crippen LogP contribution in [0.15, 0.2) is 49.4 Å². The lowest BCUT2D eigenvalue weighted by Gasteiger charge is -2.50. The van der Waals surface area contributed by atoms with Crippen molar-refractivity contribution in [3.8, 4) is 22.8 Å². The number of carbonyl (C=O) groups is 1. The summed E-state index contributed by atoms with van der Waals surface area (Å²) in [6.07, 6.45) is 9.54. The number of pyridine rings is 2. The molecule has 4 aliphatic rings. The molecule has 4 aromatic heterocycles. The fourth-order valence-electron chi connectivity index (χ4n) is 7.67. The SMILES string of the molecule is C=CC(=O)N1CC2CCC1CC2CN1CCc2c(C)c(-c3cc(OC(CO)c4ccc(F)cn4)c4c(OC)cnn4c3)nn2CC1. The van der Waals surface area contributed by atoms with Crippen molar-refractivity contribution in [1.29, 1.82) is 0 Å². The summed E-state index contributed by atoms with van der Waals surface area (Å²) in [7, 11) is 1.57. The van der Waals surface area contributed by atoms with Crippen molar-refractivity contribution in [2.45, 2.75) is 51.3 Å². The van der Waals surface area contributed by atoms with E-state index in [0.717, 1.165) is 75.0 Å². The van der Waals surface area contributed by atoms with Gasteiger partial charge in [-0.15, -0.1) is 0 Å². The number of methoxy groups -OCH3 is 1. The van der Waals surface area contributed by atoms with Crippen LogP contribution in [0, 0.1) is 24.6 Å². The second-order valence-electron chi connectivity index (χ2n) is 12.7. The number of aliphatic hydroxyl groups is 1. The number of nitrogens with zero attached hydrogens (tertiary/aromatic N) is 7. The maximum Gasteiger partial charge on any atom is 0.246 e. The van der Waals surface area contributed by atoms with Gasteiger partial charge in [-0.25, -0.2) is 8.91 Å². The molecule has 11 nitrogen and oxygen atoms in total. The van der Waals surface area contributed by atoms with E-state index < -0.39 is 11.9 Å². The van der Waals surface area contributed by atoms with Gasteiger partial charge in [-0.1, -0.05) is 6.58 Å². The molecule has 1 amide bonds. The average molecular weight is 630 g/mol. The lowest BCUT2D eigenvalue weighted by atomic mass is 9.71. The molecule has 1 aliphatic carbocycles. The van der Waals surface area contributed by atoms with Crippen LogP contribution < -0.4 is 9.47 Å². The molecule has 4 unspecified atom stereocenters. The van der Waals surface area contributed by atoms with E-state index >= 15 is 0 Å². The number of amides is 1. The molecule has 0 aromatic carbocycles. The van der Waals surface area contributed by atoms with Gasteiger partial charge in [0, 0.05) is 56.1 Å². The zero-order valence-corrected chi connectivity index (χ0v) is 26.3. The quantitative estimate of drug-likeness (QED) is 0.278. The predicted molar refractivity (Wildman–Crippen MR) is 169 cm³/mol. The first-order valence-corrected chi connectivity index (χ1v) is 16.0. The minimum Gasteiger partial charge on any atom is -0.493 e. The van der Waals surface area contributed by atoms with Crippen LogP contribution in [0.1, 0.15) is 42.3 Å². The van der Waals surface area contributed by atoms with Gasteiger partial charge in [0.2, 0.25) is 5.91 Å². The average Bonchev–Trinajstić information content (AvgIpc) is 3.58. The summed E-state index contributed by atoms with van der Waals surface area (Å²) in [5.74, 6) is 1.74. The Morgan fingerprint density at radius 3 is 2.80 bits per heavy atom. The van der Waals surface area contributed by atoms with E-state index in [1.807, 2.05) is 17.2 Å². The number of ether oxygens (including phenoxy) is 2. The number of rotatable bonds is 9. The van der Waals surface area contributed by atoms with Gasteiger partial charge in [0.05, 0.1) is 44.0 Å². The van der Waals surface area contributed by atoms with E-state index in [9.17, 15) is 14.3 Å². The van der Waals surface area contributed by atoms with Gasteiger partial charge in [0.1, 0.15) is 5.82 Å². The number of piperidine rings is 2. The molecule has 242 valence electrons. The molecular formula is C34H40FN7O4. The molecule has 46 heavy (non-hydrogen) atoms. The predicted octanol–water partition coefficient (Wildman–Crippen LogP) is 3.83. The van der Waals surface area contributed by atoms with Crippen LogP contribution >= 0.6 is 0 Å². The third kappa shape index (κ3) is 5.53. The molecule has 3 aliphatic heterocycles. The van der Waals surface area contributed by atoms with Gasteiger partial charge in [-0.05, 0) is 67.9 Å². The highest BCUT2D eigenvalue weighted by atomic mass is 19.1. The number of aliphatic hydroxyl groups excluding tert-OH is 1. The Bertz CT molecular complexity index is 1750. The molecule has 0 radical (unpaired) electrons. The van der Waals surface area contributed by atoms with E-state index in [-0.39, 0.29) is 12.5 Å². The normalized spacial score (nSPS) is 22.0. The van der Waals surface area contributed by atoms with Crippen molar-refractivity contribution >= 4 is 11.4 Å². The van der Waals surface area contributed by atoms with Gasteiger partial charge >= 0.3 is 0 Å². The number of hydrogen-bond acceptors (Lipinski definition) is 8. The van der Waals surface area contributed by atoms with Crippen LogP contribution in [0.4, 0.5) is 4.39 Å². The molecule has 1 saturated carbocycles. The summed E-state index contributed by atoms with van der Waals surface area (Å²) < 4.78 is 29.2. The molecule has 4 aromatic rings. The number of aromatic nitrogens is 5. The smallest absolute Gasteiger partial charge is 0.246 e. The first kappa shape index (κ1) is 30.4. The molecule has 2 saturated heterocycles. The van der Waals surface area contributed by atoms with E-state index in [4.69, 9.17) is 14.6 Å². The number of hydrogen-bond donors (Lipinski definition) is 1. The molecule has 0 spiro atoms. The van der Waals surface area contributed by atoms with Gasteiger partial charge < -0.3 is 24.4 Å². The monoisotopic (exact) mass is 629 g/mol. The lowest BCUT2D eigenvalue weighted by Crippen LogP contribution is -2.55. The summed E-state index contributed by atoms with van der Waals surface area (Å²) in [6.45, 7) is 10.0. The van der Waals surface area contributed by atoms with Crippen molar-refractivity contribution in [1.82, 2.24) is 34.2 Å². The van der Waals surface area contributed by atoms with E-state index in [1.165, 1.54) is 30.3 Å². The van der Waals surface area contributed by atoms with Crippen molar-refractivity contribution in [3.63, 3.8) is 0 Å². The lowest BCUT2D eigenvalue weighted by molar-refractivity contribution is -0.135. The summed E-state index contributed by atoms with van der Waals surface area (Å²) in [5.41, 5.74) is 5.01. The zero-order valence-electron chi connectivity index (χ0n) is 26.3. The Labute approximate surface area is 267 Å². The molecule has 7 heterocycles. The van der Waals surface area contributed by atoms with Crippen molar-refractivity contribution < 1.29 is 23.8 Å². The van der Waals surface area contributed by atoms with E-state index in [1.54, 1.807) is 17.8 Å². The topological polar surface area (TPSA) is 110 Å². The molecule has 4 atom stereocenters. The third-order valence-electron chi connectivity index (χ3n) is 10.1. The van der Waals surface area contributed by atoms with Crippen LogP contribution in [0.25, 0.3) is 16.8 Å². The Morgan fingerprint density at radius 1 is 1.22 bits per heavy atom. The Balaban J connectivity index is 1.11. The van der Waals surface area contributed by atoms with Crippen LogP contribution in [0.2, 0.25) is 0 Å². The maximum atomic E-state index is 13.5. The van der Waals surface area contributed by atoms with Gasteiger partial charge in [0.25, 0.3) is 0 Å². The fraction of sp³-hybridized carbons (Fsp3) is 0.471. The van der Waals surface area contributed by atoms with Gasteiger partial charge in [-0.2, -0.15) is 10.2 Å². The first-order valence-electron chi connectivity index (χ1n) is 16.0. The number of fused-ring (bicyclic) bond motifs is 5. The van der Waals surface area contributed by atoms with Gasteiger partial charge in [0.15, 0.2) is 23.1 Å². The third-order valence-corrected chi connectivity index (χ3v) is 10.1. The number of halogens is 1. The highest BCUT2D eigenvalue weighted by molar-refractivity contribution is 5.87. The van der Waals surface area contributed by atoms with Crippen molar-refractivity contribution in [2.75, 3.05) is 39.9 Å². The Morgan fingerprint density at radius 2 is 2.09 bits per heavy atom. The fourth-order valence-corrected chi connectivity index (χ4v) is 7.67. The maximum absolute atomic E-state index is 13.5. The second-order valence-corrected chi connectivity index (χ2v) is 12.7. The number of carbonyl (C=O) groups excluding carboxylic acids is 1. The summed E-state index contributed by atoms with van der Waals surface area (Å²) in [4.78, 5) is 21.1. The molecule has 8 rings (SSSR count). The standard InChI is InChI=1S/C34H40FN7O4/c1-4-32(44)40-18-22-5-7-26(40)13-23(22)17-39-10-9-28-21(2)33(38-41(28)12-11-39)24-14-29(34-30(45-3)16-37-42(34)19-24)46-31(20-43)27-8-6-25(35)15-36-27/h4,6,8,14-16,19,22-23,26,31,43H,1,5,7,9-13,17-18,20H2,2-3H3. The minimum absolute atomic E-state index is 0.0715. The molecular weight excluding hydrogens is 589 g/mol. The van der Waals surface area contributed by atoms with E-state index in [2.05, 4.69) is 33.2 Å². The summed E-state index contributed by atoms with van der Waals surface area (Å²) in [5, 5.41) is 19.8. The van der Waals surface area contributed by atoms with Crippen molar-refractivity contribution in [3.05, 3.63) is 72.2 Å². The first-order chi connectivity index (χ1) is 22.4. The summed E-state index contributed by atoms with van der Waals surface area (Å²) in [6, 6.07) is 5.03. The zero-order chi connectivity index (χ0) is 31.9. The van der Waals surface area contributed by atoms with Crippen LogP contribution in [-0.2, 0) is 17.8 Å². The second kappa shape index (κ2) is 12.5. The molecule has 12 heteroatoms. The van der Waals surface area contributed by atoms with Crippen LogP contribution in [0.5, 0.6) is 11.5 Å². The molecule has 1 N–H and O–H groups in total. The largest absolute Gasteiger partial charge is 0.493 e. The molecule has 2 bridgehead atoms. The van der Waals surface area contributed by atoms with Gasteiger partial charge in [-0.3, -0.25) is 14.5 Å². The van der Waals surface area contributed by atoms with Crippen LogP contribution in [0.3, 0.4) is 0 Å². The highest BCUT2D eigenvalue weighted by Gasteiger charge is 2.42. The Kier molecular flexibility index (Phi) is 8.24. The molecule has 3 fully saturated rings. The van der Waals surface area contributed by atoms with E-state index in [0.29, 0.717) is 40.6 Å². The minimum atomic E-state index is -0.824. The summed E-state index contributed by atoms with van der Waals surface area (Å²) >= 11 is 0. The van der Waals surface area contributed by atoms with Crippen molar-refractivity contribution in [2.24, 2.45) is 11.8 Å². The van der Waals surface area contributed by atoms with Crippen LogP contribution in [-0.4, -0.2) is 91.1 Å².